The van der Waals surface area contributed by atoms with Gasteiger partial charge in [0.15, 0.2) is 17.3 Å². The molecule has 0 spiro atoms. The summed E-state index contributed by atoms with van der Waals surface area (Å²) in [5, 5.41) is 14.1. The van der Waals surface area contributed by atoms with Gasteiger partial charge in [-0.05, 0) is 77.4 Å². The largest absolute Gasteiger partial charge is 0.454 e. The van der Waals surface area contributed by atoms with Gasteiger partial charge in [-0.2, -0.15) is 0 Å². The summed E-state index contributed by atoms with van der Waals surface area (Å²) in [5.74, 6) is 2.39. The standard InChI is InChI=1S/C30H35N7O3/c1-19-7-9-22-16-24(30(38)31-27(22)20(19)2)28(29-32-33-34-37(29)23-5-3-4-6-23)36-13-11-35(12-14-36)17-21-8-10-25-26(15-21)40-18-39-25/h7-10,15-16,23,28H,3-6,11-14,17-18H2,1-2H3,(H,31,38)/t28-/m1/s1. The minimum Gasteiger partial charge on any atom is -0.454 e. The summed E-state index contributed by atoms with van der Waals surface area (Å²) in [7, 11) is 0. The van der Waals surface area contributed by atoms with E-state index in [1.165, 1.54) is 18.4 Å². The molecule has 0 unspecified atom stereocenters. The molecule has 1 atom stereocenters. The zero-order chi connectivity index (χ0) is 27.2. The Morgan fingerprint density at radius 1 is 1.00 bits per heavy atom. The molecule has 208 valence electrons. The van der Waals surface area contributed by atoms with E-state index >= 15 is 0 Å². The Morgan fingerprint density at radius 2 is 1.80 bits per heavy atom. The molecule has 0 radical (unpaired) electrons. The van der Waals surface area contributed by atoms with Crippen LogP contribution in [0.15, 0.2) is 41.2 Å². The van der Waals surface area contributed by atoms with Crippen molar-refractivity contribution in [1.82, 2.24) is 35.0 Å². The van der Waals surface area contributed by atoms with Crippen molar-refractivity contribution in [3.05, 3.63) is 74.8 Å². The van der Waals surface area contributed by atoms with Crippen LogP contribution in [-0.4, -0.2) is 68.0 Å². The van der Waals surface area contributed by atoms with Crippen molar-refractivity contribution in [2.24, 2.45) is 0 Å². The predicted molar refractivity (Wildman–Crippen MR) is 151 cm³/mol. The molecule has 2 aromatic carbocycles. The fourth-order valence-electron chi connectivity index (χ4n) is 6.51. The second-order valence-corrected chi connectivity index (χ2v) is 11.3. The van der Waals surface area contributed by atoms with Crippen LogP contribution in [0, 0.1) is 13.8 Å². The van der Waals surface area contributed by atoms with Crippen molar-refractivity contribution in [3.63, 3.8) is 0 Å². The number of aryl methyl sites for hydroxylation is 2. The summed E-state index contributed by atoms with van der Waals surface area (Å²) in [6.45, 7) is 8.61. The fourth-order valence-corrected chi connectivity index (χ4v) is 6.51. The molecule has 0 bridgehead atoms. The van der Waals surface area contributed by atoms with E-state index in [4.69, 9.17) is 9.47 Å². The highest BCUT2D eigenvalue weighted by molar-refractivity contribution is 5.83. The molecule has 4 heterocycles. The molecule has 10 heteroatoms. The maximum absolute atomic E-state index is 13.7. The van der Waals surface area contributed by atoms with Gasteiger partial charge in [0.2, 0.25) is 6.79 Å². The van der Waals surface area contributed by atoms with Gasteiger partial charge in [0.05, 0.1) is 11.6 Å². The Hall–Kier alpha value is -3.76. The average molecular weight is 542 g/mol. The van der Waals surface area contributed by atoms with E-state index < -0.39 is 0 Å². The van der Waals surface area contributed by atoms with E-state index in [1.54, 1.807) is 0 Å². The molecule has 4 aromatic rings. The van der Waals surface area contributed by atoms with Gasteiger partial charge < -0.3 is 14.5 Å². The number of H-pyrrole nitrogens is 1. The lowest BCUT2D eigenvalue weighted by atomic mass is 9.99. The lowest BCUT2D eigenvalue weighted by molar-refractivity contribution is 0.0988. The Balaban J connectivity index is 1.20. The van der Waals surface area contributed by atoms with Crippen molar-refractivity contribution >= 4 is 10.9 Å². The Labute approximate surface area is 232 Å². The number of aromatic amines is 1. The highest BCUT2D eigenvalue weighted by Crippen LogP contribution is 2.35. The maximum Gasteiger partial charge on any atom is 0.253 e. The summed E-state index contributed by atoms with van der Waals surface area (Å²) in [4.78, 5) is 21.7. The van der Waals surface area contributed by atoms with E-state index in [2.05, 4.69) is 74.5 Å². The quantitative estimate of drug-likeness (QED) is 0.393. The summed E-state index contributed by atoms with van der Waals surface area (Å²) >= 11 is 0. The van der Waals surface area contributed by atoms with Gasteiger partial charge in [-0.15, -0.1) is 5.10 Å². The van der Waals surface area contributed by atoms with Crippen molar-refractivity contribution in [2.45, 2.75) is 58.2 Å². The molecule has 1 aliphatic carbocycles. The van der Waals surface area contributed by atoms with Crippen LogP contribution in [-0.2, 0) is 6.54 Å². The predicted octanol–water partition coefficient (Wildman–Crippen LogP) is 3.88. The monoisotopic (exact) mass is 541 g/mol. The number of aromatic nitrogens is 5. The smallest absolute Gasteiger partial charge is 0.253 e. The molecule has 2 aliphatic heterocycles. The number of hydrogen-bond acceptors (Lipinski definition) is 8. The highest BCUT2D eigenvalue weighted by atomic mass is 16.7. The van der Waals surface area contributed by atoms with Crippen molar-refractivity contribution in [2.75, 3.05) is 33.0 Å². The van der Waals surface area contributed by atoms with Crippen LogP contribution in [0.4, 0.5) is 0 Å². The van der Waals surface area contributed by atoms with Gasteiger partial charge in [-0.1, -0.05) is 31.0 Å². The Kier molecular flexibility index (Phi) is 6.51. The van der Waals surface area contributed by atoms with Crippen molar-refractivity contribution in [1.29, 1.82) is 0 Å². The fraction of sp³-hybridized carbons (Fsp3) is 0.467. The van der Waals surface area contributed by atoms with E-state index in [0.717, 1.165) is 84.9 Å². The summed E-state index contributed by atoms with van der Waals surface area (Å²) < 4.78 is 13.0. The lowest BCUT2D eigenvalue weighted by Crippen LogP contribution is -2.48. The first-order chi connectivity index (χ1) is 19.5. The number of rotatable bonds is 6. The first-order valence-electron chi connectivity index (χ1n) is 14.3. The summed E-state index contributed by atoms with van der Waals surface area (Å²) in [6, 6.07) is 12.4. The molecule has 3 aliphatic rings. The lowest BCUT2D eigenvalue weighted by Gasteiger charge is -2.39. The number of ether oxygens (including phenoxy) is 2. The molecule has 1 N–H and O–H groups in total. The number of piperazine rings is 1. The van der Waals surface area contributed by atoms with Crippen LogP contribution in [0.25, 0.3) is 10.9 Å². The van der Waals surface area contributed by atoms with Gasteiger partial charge in [-0.3, -0.25) is 14.6 Å². The van der Waals surface area contributed by atoms with E-state index in [-0.39, 0.29) is 24.4 Å². The van der Waals surface area contributed by atoms with Crippen LogP contribution in [0.1, 0.15) is 65.8 Å². The van der Waals surface area contributed by atoms with Crippen molar-refractivity contribution in [3.8, 4) is 11.5 Å². The van der Waals surface area contributed by atoms with Gasteiger partial charge in [0, 0.05) is 38.3 Å². The van der Waals surface area contributed by atoms with E-state index in [0.29, 0.717) is 5.56 Å². The Bertz CT molecular complexity index is 1600. The summed E-state index contributed by atoms with van der Waals surface area (Å²) in [6.07, 6.45) is 4.51. The van der Waals surface area contributed by atoms with E-state index in [9.17, 15) is 4.79 Å². The highest BCUT2D eigenvalue weighted by Gasteiger charge is 2.35. The first kappa shape index (κ1) is 25.2. The van der Waals surface area contributed by atoms with Gasteiger partial charge in [0.1, 0.15) is 6.04 Å². The molecule has 1 saturated carbocycles. The second-order valence-electron chi connectivity index (χ2n) is 11.3. The number of pyridine rings is 1. The maximum atomic E-state index is 13.7. The van der Waals surface area contributed by atoms with Crippen LogP contribution in [0.2, 0.25) is 0 Å². The van der Waals surface area contributed by atoms with Gasteiger partial charge >= 0.3 is 0 Å². The molecular formula is C30H35N7O3. The molecule has 7 rings (SSSR count). The first-order valence-corrected chi connectivity index (χ1v) is 14.3. The zero-order valence-electron chi connectivity index (χ0n) is 23.1. The number of benzene rings is 2. The van der Waals surface area contributed by atoms with Gasteiger partial charge in [-0.25, -0.2) is 4.68 Å². The third kappa shape index (κ3) is 4.54. The SMILES string of the molecule is Cc1ccc2cc([C@H](c3nnnn3C3CCCC3)N3CCN(Cc4ccc5c(c4)OCO5)CC3)c(=O)[nH]c2c1C. The number of fused-ring (bicyclic) bond motifs is 2. The molecule has 2 aromatic heterocycles. The van der Waals surface area contributed by atoms with Crippen LogP contribution in [0.3, 0.4) is 0 Å². The van der Waals surface area contributed by atoms with Gasteiger partial charge in [0.25, 0.3) is 5.56 Å². The second kappa shape index (κ2) is 10.3. The van der Waals surface area contributed by atoms with E-state index in [1.807, 2.05) is 10.7 Å². The third-order valence-electron chi connectivity index (χ3n) is 8.92. The normalized spacial score (nSPS) is 19.1. The molecule has 0 amide bonds. The minimum absolute atomic E-state index is 0.0741. The minimum atomic E-state index is -0.321. The van der Waals surface area contributed by atoms with Crippen LogP contribution < -0.4 is 15.0 Å². The molecule has 40 heavy (non-hydrogen) atoms. The molecule has 10 nitrogen and oxygen atoms in total. The van der Waals surface area contributed by atoms with Crippen molar-refractivity contribution < 1.29 is 9.47 Å². The summed E-state index contributed by atoms with van der Waals surface area (Å²) in [5.41, 5.74) is 5.00. The van der Waals surface area contributed by atoms with Crippen LogP contribution in [0.5, 0.6) is 11.5 Å². The topological polar surface area (TPSA) is 101 Å². The number of nitrogens with one attached hydrogen (secondary N) is 1. The number of hydrogen-bond donors (Lipinski definition) is 1. The number of tetrazole rings is 1. The average Bonchev–Trinajstić information content (AvgIpc) is 3.75. The molecule has 2 fully saturated rings. The third-order valence-corrected chi connectivity index (χ3v) is 8.92. The Morgan fingerprint density at radius 3 is 2.62 bits per heavy atom. The number of nitrogens with zero attached hydrogens (tertiary/aromatic N) is 6. The van der Waals surface area contributed by atoms with Crippen LogP contribution >= 0.6 is 0 Å². The zero-order valence-corrected chi connectivity index (χ0v) is 23.1. The molecule has 1 saturated heterocycles. The molecular weight excluding hydrogens is 506 g/mol.